The van der Waals surface area contributed by atoms with E-state index in [0.717, 1.165) is 14.0 Å². The molecule has 1 nitrogen and oxygen atoms in total. The van der Waals surface area contributed by atoms with Crippen molar-refractivity contribution in [1.82, 2.24) is 5.32 Å². The van der Waals surface area contributed by atoms with Gasteiger partial charge in [-0.3, -0.25) is 0 Å². The predicted molar refractivity (Wildman–Crippen MR) is 86.2 cm³/mol. The zero-order valence-electron chi connectivity index (χ0n) is 11.0. The Morgan fingerprint density at radius 3 is 2.24 bits per heavy atom. The highest BCUT2D eigenvalue weighted by atomic mass is 79.9. The van der Waals surface area contributed by atoms with Crippen molar-refractivity contribution in [2.45, 2.75) is 19.4 Å². The maximum atomic E-state index is 14.1. The lowest BCUT2D eigenvalue weighted by molar-refractivity contribution is 0.486. The van der Waals surface area contributed by atoms with Crippen LogP contribution in [0.2, 0.25) is 0 Å². The van der Waals surface area contributed by atoms with Gasteiger partial charge in [0.15, 0.2) is 0 Å². The summed E-state index contributed by atoms with van der Waals surface area (Å²) < 4.78 is 42.8. The molecule has 0 saturated carbocycles. The van der Waals surface area contributed by atoms with Gasteiger partial charge in [-0.25, -0.2) is 13.2 Å². The molecule has 114 valence electrons. The molecule has 21 heavy (non-hydrogen) atoms. The molecule has 0 amide bonds. The fourth-order valence-corrected chi connectivity index (χ4v) is 4.94. The van der Waals surface area contributed by atoms with E-state index in [1.165, 1.54) is 11.3 Å². The molecular formula is C14H12Br2F3NS. The van der Waals surface area contributed by atoms with Gasteiger partial charge >= 0.3 is 0 Å². The second-order valence-electron chi connectivity index (χ2n) is 4.45. The molecule has 1 atom stereocenters. The van der Waals surface area contributed by atoms with Crippen molar-refractivity contribution in [3.05, 3.63) is 54.4 Å². The van der Waals surface area contributed by atoms with E-state index in [-0.39, 0.29) is 5.56 Å². The fraction of sp³-hybridized carbons (Fsp3) is 0.286. The second-order valence-corrected chi connectivity index (χ2v) is 8.20. The number of hydrogen-bond acceptors (Lipinski definition) is 2. The average Bonchev–Trinajstić information content (AvgIpc) is 2.71. The Morgan fingerprint density at radius 1 is 1.14 bits per heavy atom. The Morgan fingerprint density at radius 2 is 1.76 bits per heavy atom. The number of benzene rings is 1. The van der Waals surface area contributed by atoms with Gasteiger partial charge in [-0.15, -0.1) is 11.3 Å². The first-order valence-electron chi connectivity index (χ1n) is 6.26. The van der Waals surface area contributed by atoms with E-state index in [1.807, 2.05) is 6.92 Å². The van der Waals surface area contributed by atoms with Crippen molar-refractivity contribution < 1.29 is 13.2 Å². The van der Waals surface area contributed by atoms with E-state index in [0.29, 0.717) is 24.2 Å². The molecule has 1 aromatic carbocycles. The number of nitrogens with one attached hydrogen (secondary N) is 1. The minimum absolute atomic E-state index is 0.171. The molecule has 0 aliphatic rings. The molecule has 0 saturated heterocycles. The summed E-state index contributed by atoms with van der Waals surface area (Å²) >= 11 is 8.17. The Kier molecular flexibility index (Phi) is 5.88. The first kappa shape index (κ1) is 17.0. The highest BCUT2D eigenvalue weighted by Crippen LogP contribution is 2.39. The predicted octanol–water partition coefficient (Wildman–Crippen LogP) is 5.78. The lowest BCUT2D eigenvalue weighted by Gasteiger charge is -2.20. The van der Waals surface area contributed by atoms with Gasteiger partial charge in [0.25, 0.3) is 0 Å². The van der Waals surface area contributed by atoms with Crippen LogP contribution < -0.4 is 5.32 Å². The highest BCUT2D eigenvalue weighted by Gasteiger charge is 2.25. The van der Waals surface area contributed by atoms with E-state index in [9.17, 15) is 13.2 Å². The third-order valence-electron chi connectivity index (χ3n) is 2.93. The number of hydrogen-bond donors (Lipinski definition) is 1. The zero-order chi connectivity index (χ0) is 15.6. The van der Waals surface area contributed by atoms with Crippen molar-refractivity contribution in [2.24, 2.45) is 0 Å². The maximum absolute atomic E-state index is 14.1. The minimum Gasteiger partial charge on any atom is -0.306 e. The number of thiophene rings is 1. The van der Waals surface area contributed by atoms with Gasteiger partial charge in [-0.1, -0.05) is 6.92 Å². The molecule has 0 spiro atoms. The third-order valence-corrected chi connectivity index (χ3v) is 5.31. The van der Waals surface area contributed by atoms with Crippen LogP contribution in [0.4, 0.5) is 13.2 Å². The summed E-state index contributed by atoms with van der Waals surface area (Å²) in [5.74, 6) is -2.71. The summed E-state index contributed by atoms with van der Waals surface area (Å²) in [5, 5.41) is 3.11. The molecule has 1 N–H and O–H groups in total. The number of halogens is 5. The molecule has 1 unspecified atom stereocenters. The van der Waals surface area contributed by atoms with Crippen molar-refractivity contribution in [3.63, 3.8) is 0 Å². The van der Waals surface area contributed by atoms with Crippen LogP contribution in [0.5, 0.6) is 0 Å². The highest BCUT2D eigenvalue weighted by molar-refractivity contribution is 9.12. The van der Waals surface area contributed by atoms with Gasteiger partial charge in [0.05, 0.1) is 13.6 Å². The van der Waals surface area contributed by atoms with Crippen molar-refractivity contribution in [2.75, 3.05) is 6.54 Å². The Hall–Kier alpha value is -0.370. The van der Waals surface area contributed by atoms with Crippen molar-refractivity contribution in [3.8, 4) is 0 Å². The van der Waals surface area contributed by atoms with Crippen LogP contribution in [0, 0.1) is 17.5 Å². The van der Waals surface area contributed by atoms with E-state index in [1.54, 1.807) is 6.07 Å². The Labute approximate surface area is 141 Å². The summed E-state index contributed by atoms with van der Waals surface area (Å²) in [4.78, 5) is 0. The summed E-state index contributed by atoms with van der Waals surface area (Å²) in [6, 6.07) is 2.52. The second kappa shape index (κ2) is 7.26. The van der Waals surface area contributed by atoms with Crippen LogP contribution in [0.15, 0.2) is 25.8 Å². The number of rotatable bonds is 5. The lowest BCUT2D eigenvalue weighted by Crippen LogP contribution is -2.25. The smallest absolute Gasteiger partial charge is 0.134 e. The molecule has 0 aliphatic heterocycles. The molecule has 0 aliphatic carbocycles. The van der Waals surface area contributed by atoms with Gasteiger partial charge in [0.2, 0.25) is 0 Å². The first-order valence-corrected chi connectivity index (χ1v) is 8.66. The average molecular weight is 443 g/mol. The molecule has 1 heterocycles. The topological polar surface area (TPSA) is 12.0 Å². The van der Waals surface area contributed by atoms with E-state index >= 15 is 0 Å². The lowest BCUT2D eigenvalue weighted by atomic mass is 9.99. The standard InChI is InChI=1S/C14H12Br2F3NS/c1-2-3-20-13(8-6-11(15)21-14(8)16)12-9(18)4-7(17)5-10(12)19/h4-6,13,20H,2-3H2,1H3. The first-order chi connectivity index (χ1) is 9.93. The van der Waals surface area contributed by atoms with E-state index < -0.39 is 23.5 Å². The van der Waals surface area contributed by atoms with Gasteiger partial charge < -0.3 is 5.32 Å². The van der Waals surface area contributed by atoms with Gasteiger partial charge in [0.1, 0.15) is 17.5 Å². The van der Waals surface area contributed by atoms with Crippen LogP contribution >= 0.6 is 43.2 Å². The Bertz CT molecular complexity index is 622. The molecule has 0 radical (unpaired) electrons. The van der Waals surface area contributed by atoms with Crippen molar-refractivity contribution >= 4 is 43.2 Å². The molecule has 1 aromatic heterocycles. The SMILES string of the molecule is CCCNC(c1cc(Br)sc1Br)c1c(F)cc(F)cc1F. The van der Waals surface area contributed by atoms with Gasteiger partial charge in [-0.2, -0.15) is 0 Å². The summed E-state index contributed by atoms with van der Waals surface area (Å²) in [7, 11) is 0. The third kappa shape index (κ3) is 3.88. The fourth-order valence-electron chi connectivity index (χ4n) is 2.04. The summed E-state index contributed by atoms with van der Waals surface area (Å²) in [6.45, 7) is 2.54. The van der Waals surface area contributed by atoms with E-state index in [2.05, 4.69) is 37.2 Å². The zero-order valence-corrected chi connectivity index (χ0v) is 15.0. The van der Waals surface area contributed by atoms with Crippen LogP contribution in [0.25, 0.3) is 0 Å². The molecule has 2 rings (SSSR count). The summed E-state index contributed by atoms with van der Waals surface area (Å²) in [5.41, 5.74) is 0.542. The largest absolute Gasteiger partial charge is 0.306 e. The molecule has 0 fully saturated rings. The quantitative estimate of drug-likeness (QED) is 0.618. The van der Waals surface area contributed by atoms with Crippen molar-refractivity contribution in [1.29, 1.82) is 0 Å². The minimum atomic E-state index is -0.923. The molecular weight excluding hydrogens is 431 g/mol. The van der Waals surface area contributed by atoms with Gasteiger partial charge in [-0.05, 0) is 56.5 Å². The normalized spacial score (nSPS) is 12.7. The molecule has 0 bridgehead atoms. The van der Waals surface area contributed by atoms with Crippen LogP contribution in [0.1, 0.15) is 30.5 Å². The van der Waals surface area contributed by atoms with Crippen LogP contribution in [0.3, 0.4) is 0 Å². The van der Waals surface area contributed by atoms with Crippen LogP contribution in [-0.4, -0.2) is 6.54 Å². The van der Waals surface area contributed by atoms with Gasteiger partial charge in [0, 0.05) is 17.7 Å². The molecule has 2 aromatic rings. The molecule has 7 heteroatoms. The maximum Gasteiger partial charge on any atom is 0.134 e. The van der Waals surface area contributed by atoms with E-state index in [4.69, 9.17) is 0 Å². The summed E-state index contributed by atoms with van der Waals surface area (Å²) in [6.07, 6.45) is 0.809. The monoisotopic (exact) mass is 441 g/mol. The van der Waals surface area contributed by atoms with Crippen LogP contribution in [-0.2, 0) is 0 Å². The Balaban J connectivity index is 2.53.